The van der Waals surface area contributed by atoms with Gasteiger partial charge in [0, 0.05) is 12.1 Å². The highest BCUT2D eigenvalue weighted by Crippen LogP contribution is 2.10. The van der Waals surface area contributed by atoms with Crippen LogP contribution in [0.3, 0.4) is 0 Å². The second kappa shape index (κ2) is 9.80. The Hall–Kier alpha value is -0.0800. The maximum Gasteiger partial charge on any atom is 0.00533 e. The van der Waals surface area contributed by atoms with Gasteiger partial charge in [-0.25, -0.2) is 0 Å². The molecule has 1 heterocycles. The van der Waals surface area contributed by atoms with E-state index in [1.165, 1.54) is 71.0 Å². The summed E-state index contributed by atoms with van der Waals surface area (Å²) in [5, 5.41) is 3.67. The van der Waals surface area contributed by atoms with Gasteiger partial charge in [-0.3, -0.25) is 0 Å². The van der Waals surface area contributed by atoms with Crippen molar-refractivity contribution >= 4 is 0 Å². The van der Waals surface area contributed by atoms with Crippen LogP contribution in [0.5, 0.6) is 0 Å². The summed E-state index contributed by atoms with van der Waals surface area (Å²) in [7, 11) is 0. The first-order valence-corrected chi connectivity index (χ1v) is 8.20. The summed E-state index contributed by atoms with van der Waals surface area (Å²) in [5.74, 6) is 0. The lowest BCUT2D eigenvalue weighted by Crippen LogP contribution is -2.43. The molecule has 1 aliphatic heterocycles. The van der Waals surface area contributed by atoms with Gasteiger partial charge in [0.2, 0.25) is 0 Å². The van der Waals surface area contributed by atoms with E-state index >= 15 is 0 Å². The molecular formula is C16H34N2. The molecule has 0 amide bonds. The molecule has 0 aromatic rings. The van der Waals surface area contributed by atoms with E-state index in [1.807, 2.05) is 0 Å². The predicted octanol–water partition coefficient (Wildman–Crippen LogP) is 3.81. The summed E-state index contributed by atoms with van der Waals surface area (Å²) in [4.78, 5) is 2.69. The zero-order valence-corrected chi connectivity index (χ0v) is 12.9. The molecule has 0 aliphatic carbocycles. The average molecular weight is 254 g/mol. The highest BCUT2D eigenvalue weighted by molar-refractivity contribution is 4.74. The molecule has 0 aromatic heterocycles. The van der Waals surface area contributed by atoms with Crippen LogP contribution in [0.25, 0.3) is 0 Å². The van der Waals surface area contributed by atoms with Gasteiger partial charge in [0.05, 0.1) is 0 Å². The van der Waals surface area contributed by atoms with Gasteiger partial charge in [0.25, 0.3) is 0 Å². The highest BCUT2D eigenvalue weighted by Gasteiger charge is 2.15. The van der Waals surface area contributed by atoms with Crippen molar-refractivity contribution in [1.82, 2.24) is 10.2 Å². The molecule has 2 heteroatoms. The minimum absolute atomic E-state index is 0.687. The quantitative estimate of drug-likeness (QED) is 0.695. The van der Waals surface area contributed by atoms with E-state index < -0.39 is 0 Å². The number of hydrogen-bond donors (Lipinski definition) is 1. The van der Waals surface area contributed by atoms with Gasteiger partial charge in [-0.2, -0.15) is 0 Å². The van der Waals surface area contributed by atoms with Crippen molar-refractivity contribution in [3.8, 4) is 0 Å². The van der Waals surface area contributed by atoms with E-state index in [0.29, 0.717) is 12.1 Å². The van der Waals surface area contributed by atoms with Crippen molar-refractivity contribution in [2.24, 2.45) is 0 Å². The Bertz CT molecular complexity index is 182. The first-order valence-electron chi connectivity index (χ1n) is 8.20. The van der Waals surface area contributed by atoms with Gasteiger partial charge in [-0.05, 0) is 52.7 Å². The van der Waals surface area contributed by atoms with E-state index in [2.05, 4.69) is 31.0 Å². The molecule has 0 saturated carbocycles. The monoisotopic (exact) mass is 254 g/mol. The first-order chi connectivity index (χ1) is 8.72. The lowest BCUT2D eigenvalue weighted by molar-refractivity contribution is 0.215. The van der Waals surface area contributed by atoms with Crippen molar-refractivity contribution in [2.75, 3.05) is 19.6 Å². The van der Waals surface area contributed by atoms with Gasteiger partial charge in [-0.15, -0.1) is 0 Å². The molecule has 0 spiro atoms. The number of nitrogens with zero attached hydrogens (tertiary/aromatic N) is 1. The van der Waals surface area contributed by atoms with Gasteiger partial charge in [0.1, 0.15) is 0 Å². The molecule has 1 fully saturated rings. The minimum Gasteiger partial charge on any atom is -0.312 e. The standard InChI is InChI=1S/C16H34N2/c1-4-5-6-7-8-9-12-18-13-10-15(2)17-16(3)11-14-18/h15-17H,4-14H2,1-3H3. The molecule has 2 unspecified atom stereocenters. The van der Waals surface area contributed by atoms with Gasteiger partial charge >= 0.3 is 0 Å². The molecule has 1 rings (SSSR count). The van der Waals surface area contributed by atoms with Crippen molar-refractivity contribution in [3.63, 3.8) is 0 Å². The third-order valence-corrected chi connectivity index (χ3v) is 4.15. The fourth-order valence-corrected chi connectivity index (χ4v) is 2.86. The summed E-state index contributed by atoms with van der Waals surface area (Å²) < 4.78 is 0. The Labute approximate surface area is 115 Å². The van der Waals surface area contributed by atoms with Crippen molar-refractivity contribution in [3.05, 3.63) is 0 Å². The van der Waals surface area contributed by atoms with Gasteiger partial charge in [0.15, 0.2) is 0 Å². The van der Waals surface area contributed by atoms with Crippen LogP contribution >= 0.6 is 0 Å². The number of unbranched alkanes of at least 4 members (excludes halogenated alkanes) is 5. The Morgan fingerprint density at radius 3 is 2.06 bits per heavy atom. The summed E-state index contributed by atoms with van der Waals surface area (Å²) in [6, 6.07) is 1.37. The minimum atomic E-state index is 0.687. The summed E-state index contributed by atoms with van der Waals surface area (Å²) in [6.45, 7) is 10.8. The van der Waals surface area contributed by atoms with E-state index in [1.54, 1.807) is 0 Å². The third kappa shape index (κ3) is 7.38. The zero-order valence-electron chi connectivity index (χ0n) is 12.9. The molecule has 1 aliphatic rings. The maximum atomic E-state index is 3.67. The van der Waals surface area contributed by atoms with Crippen LogP contribution in [0.2, 0.25) is 0 Å². The lowest BCUT2D eigenvalue weighted by Gasteiger charge is -2.30. The van der Waals surface area contributed by atoms with Crippen LogP contribution in [0.15, 0.2) is 0 Å². The van der Waals surface area contributed by atoms with E-state index in [4.69, 9.17) is 0 Å². The first kappa shape index (κ1) is 16.0. The molecule has 0 radical (unpaired) electrons. The van der Waals surface area contributed by atoms with Crippen LogP contribution in [0, 0.1) is 0 Å². The average Bonchev–Trinajstić information content (AvgIpc) is 2.34. The normalized spacial score (nSPS) is 26.8. The topological polar surface area (TPSA) is 15.3 Å². The summed E-state index contributed by atoms with van der Waals surface area (Å²) >= 11 is 0. The van der Waals surface area contributed by atoms with E-state index in [0.717, 1.165) is 0 Å². The van der Waals surface area contributed by atoms with Crippen molar-refractivity contribution in [2.45, 2.75) is 84.2 Å². The Balaban J connectivity index is 2.08. The smallest absolute Gasteiger partial charge is 0.00533 e. The molecule has 0 aromatic carbocycles. The fourth-order valence-electron chi connectivity index (χ4n) is 2.86. The van der Waals surface area contributed by atoms with Gasteiger partial charge in [-0.1, -0.05) is 39.0 Å². The highest BCUT2D eigenvalue weighted by atomic mass is 15.1. The second-order valence-corrected chi connectivity index (χ2v) is 6.16. The number of rotatable bonds is 7. The van der Waals surface area contributed by atoms with Crippen molar-refractivity contribution < 1.29 is 0 Å². The SMILES string of the molecule is CCCCCCCCN1CCC(C)NC(C)CC1. The Kier molecular flexibility index (Phi) is 8.70. The fraction of sp³-hybridized carbons (Fsp3) is 1.00. The Morgan fingerprint density at radius 1 is 0.889 bits per heavy atom. The Morgan fingerprint density at radius 2 is 1.44 bits per heavy atom. The molecular weight excluding hydrogens is 220 g/mol. The summed E-state index contributed by atoms with van der Waals surface area (Å²) in [5.41, 5.74) is 0. The molecule has 0 bridgehead atoms. The lowest BCUT2D eigenvalue weighted by atomic mass is 10.1. The molecule has 2 nitrogen and oxygen atoms in total. The third-order valence-electron chi connectivity index (χ3n) is 4.15. The van der Waals surface area contributed by atoms with E-state index in [9.17, 15) is 0 Å². The van der Waals surface area contributed by atoms with Gasteiger partial charge < -0.3 is 10.2 Å². The predicted molar refractivity (Wildman–Crippen MR) is 81.1 cm³/mol. The molecule has 1 N–H and O–H groups in total. The second-order valence-electron chi connectivity index (χ2n) is 6.16. The zero-order chi connectivity index (χ0) is 13.2. The number of hydrogen-bond acceptors (Lipinski definition) is 2. The van der Waals surface area contributed by atoms with Crippen molar-refractivity contribution in [1.29, 1.82) is 0 Å². The van der Waals surface area contributed by atoms with Crippen LogP contribution in [-0.2, 0) is 0 Å². The maximum absolute atomic E-state index is 3.67. The summed E-state index contributed by atoms with van der Waals surface area (Å²) in [6.07, 6.45) is 11.1. The van der Waals surface area contributed by atoms with E-state index in [-0.39, 0.29) is 0 Å². The van der Waals surface area contributed by atoms with Crippen LogP contribution in [-0.4, -0.2) is 36.6 Å². The van der Waals surface area contributed by atoms with Crippen LogP contribution < -0.4 is 5.32 Å². The molecule has 18 heavy (non-hydrogen) atoms. The van der Waals surface area contributed by atoms with Crippen LogP contribution in [0.1, 0.15) is 72.1 Å². The van der Waals surface area contributed by atoms with Crippen LogP contribution in [0.4, 0.5) is 0 Å². The molecule has 2 atom stereocenters. The molecule has 108 valence electrons. The largest absolute Gasteiger partial charge is 0.312 e. The number of nitrogens with one attached hydrogen (secondary N) is 1. The molecule has 1 saturated heterocycles.